The first-order valence-electron chi connectivity index (χ1n) is 3.96. The fraction of sp³-hybridized carbons (Fsp3) is 0.875. The lowest BCUT2D eigenvalue weighted by Crippen LogP contribution is -2.19. The maximum absolute atomic E-state index is 10.5. The smallest absolute Gasteiger partial charge is 0.131 e. The highest BCUT2D eigenvalue weighted by molar-refractivity contribution is 5.75. The van der Waals surface area contributed by atoms with Gasteiger partial charge in [-0.2, -0.15) is 0 Å². The molecule has 0 aliphatic carbocycles. The van der Waals surface area contributed by atoms with Crippen molar-refractivity contribution in [3.63, 3.8) is 0 Å². The fourth-order valence-corrected chi connectivity index (χ4v) is 0.731. The molecule has 3 nitrogen and oxygen atoms in total. The largest absolute Gasteiger partial charge is 0.385 e. The van der Waals surface area contributed by atoms with Crippen molar-refractivity contribution in [1.29, 1.82) is 0 Å². The first-order chi connectivity index (χ1) is 5.27. The van der Waals surface area contributed by atoms with Gasteiger partial charge in [-0.15, -0.1) is 0 Å². The van der Waals surface area contributed by atoms with Crippen LogP contribution in [0.2, 0.25) is 0 Å². The van der Waals surface area contributed by atoms with Crippen molar-refractivity contribution < 1.29 is 9.53 Å². The van der Waals surface area contributed by atoms with Gasteiger partial charge in [-0.1, -0.05) is 0 Å². The third-order valence-electron chi connectivity index (χ3n) is 1.36. The Hall–Kier alpha value is -0.410. The molecule has 0 unspecified atom stereocenters. The number of carbonyl (C=O) groups is 1. The maximum atomic E-state index is 10.5. The third kappa shape index (κ3) is 9.59. The lowest BCUT2D eigenvalue weighted by Gasteiger charge is -2.01. The summed E-state index contributed by atoms with van der Waals surface area (Å²) in [6, 6.07) is 0. The van der Waals surface area contributed by atoms with Gasteiger partial charge in [0.2, 0.25) is 0 Å². The predicted octanol–water partition coefficient (Wildman–Crippen LogP) is 0.592. The van der Waals surface area contributed by atoms with Crippen LogP contribution < -0.4 is 5.32 Å². The van der Waals surface area contributed by atoms with Gasteiger partial charge < -0.3 is 10.1 Å². The number of ketones is 1. The average molecular weight is 159 g/mol. The van der Waals surface area contributed by atoms with E-state index >= 15 is 0 Å². The predicted molar refractivity (Wildman–Crippen MR) is 44.7 cm³/mol. The number of nitrogens with one attached hydrogen (secondary N) is 1. The van der Waals surface area contributed by atoms with Gasteiger partial charge in [-0.3, -0.25) is 4.79 Å². The molecule has 0 saturated heterocycles. The quantitative estimate of drug-likeness (QED) is 0.552. The molecule has 0 aromatic carbocycles. The van der Waals surface area contributed by atoms with Crippen molar-refractivity contribution in [3.05, 3.63) is 0 Å². The number of hydrogen-bond donors (Lipinski definition) is 1. The van der Waals surface area contributed by atoms with Crippen LogP contribution in [0.5, 0.6) is 0 Å². The minimum atomic E-state index is 0.240. The Kier molecular flexibility index (Phi) is 7.41. The number of carbonyl (C=O) groups excluding carboxylic acids is 1. The normalized spacial score (nSPS) is 10.0. The summed E-state index contributed by atoms with van der Waals surface area (Å²) in [7, 11) is 1.69. The van der Waals surface area contributed by atoms with Gasteiger partial charge in [0.1, 0.15) is 5.78 Å². The van der Waals surface area contributed by atoms with E-state index in [4.69, 9.17) is 4.74 Å². The van der Waals surface area contributed by atoms with Gasteiger partial charge in [-0.05, 0) is 19.9 Å². The summed E-state index contributed by atoms with van der Waals surface area (Å²) < 4.78 is 4.86. The topological polar surface area (TPSA) is 38.3 Å². The molecule has 0 aliphatic heterocycles. The van der Waals surface area contributed by atoms with Crippen LogP contribution in [0.25, 0.3) is 0 Å². The average Bonchev–Trinajstić information content (AvgIpc) is 1.96. The number of Topliss-reactive ketones (excluding diaryl/α,β-unsaturated/α-hetero) is 1. The molecule has 0 bridgehead atoms. The molecule has 0 saturated carbocycles. The standard InChI is InChI=1S/C8H17NO2/c1-8(10)4-6-9-5-3-7-11-2/h9H,3-7H2,1-2H3. The van der Waals surface area contributed by atoms with Crippen molar-refractivity contribution in [1.82, 2.24) is 5.32 Å². The Morgan fingerprint density at radius 1 is 1.45 bits per heavy atom. The van der Waals surface area contributed by atoms with E-state index in [-0.39, 0.29) is 5.78 Å². The van der Waals surface area contributed by atoms with Crippen LogP contribution in [0.3, 0.4) is 0 Å². The first kappa shape index (κ1) is 10.6. The third-order valence-corrected chi connectivity index (χ3v) is 1.36. The second-order valence-electron chi connectivity index (χ2n) is 2.55. The molecule has 0 aromatic heterocycles. The van der Waals surface area contributed by atoms with Crippen LogP contribution in [0.4, 0.5) is 0 Å². The highest BCUT2D eigenvalue weighted by Gasteiger charge is 1.91. The molecule has 0 aromatic rings. The summed E-state index contributed by atoms with van der Waals surface area (Å²) in [5, 5.41) is 3.15. The Bertz CT molecular complexity index is 104. The summed E-state index contributed by atoms with van der Waals surface area (Å²) in [6.07, 6.45) is 1.64. The second kappa shape index (κ2) is 7.69. The van der Waals surface area contributed by atoms with Crippen LogP contribution in [0.1, 0.15) is 19.8 Å². The van der Waals surface area contributed by atoms with E-state index in [0.29, 0.717) is 6.42 Å². The summed E-state index contributed by atoms with van der Waals surface area (Å²) >= 11 is 0. The minimum Gasteiger partial charge on any atom is -0.385 e. The van der Waals surface area contributed by atoms with Crippen molar-refractivity contribution in [3.8, 4) is 0 Å². The maximum Gasteiger partial charge on any atom is 0.131 e. The molecule has 11 heavy (non-hydrogen) atoms. The number of hydrogen-bond acceptors (Lipinski definition) is 3. The zero-order valence-corrected chi connectivity index (χ0v) is 7.35. The zero-order chi connectivity index (χ0) is 8.53. The molecule has 0 atom stereocenters. The Labute approximate surface area is 68.1 Å². The molecule has 0 rings (SSSR count). The van der Waals surface area contributed by atoms with E-state index in [2.05, 4.69) is 5.32 Å². The van der Waals surface area contributed by atoms with Crippen molar-refractivity contribution in [2.75, 3.05) is 26.8 Å². The molecule has 0 amide bonds. The zero-order valence-electron chi connectivity index (χ0n) is 7.35. The number of methoxy groups -OCH3 is 1. The van der Waals surface area contributed by atoms with Crippen molar-refractivity contribution >= 4 is 5.78 Å². The Balaban J connectivity index is 2.85. The highest BCUT2D eigenvalue weighted by atomic mass is 16.5. The van der Waals surface area contributed by atoms with Gasteiger partial charge in [0.05, 0.1) is 0 Å². The summed E-state index contributed by atoms with van der Waals surface area (Å²) in [5.41, 5.74) is 0. The molecular weight excluding hydrogens is 142 g/mol. The van der Waals surface area contributed by atoms with E-state index in [0.717, 1.165) is 26.1 Å². The monoisotopic (exact) mass is 159 g/mol. The first-order valence-corrected chi connectivity index (χ1v) is 3.96. The lowest BCUT2D eigenvalue weighted by atomic mass is 10.3. The van der Waals surface area contributed by atoms with Gasteiger partial charge in [0, 0.05) is 26.7 Å². The van der Waals surface area contributed by atoms with Crippen molar-refractivity contribution in [2.45, 2.75) is 19.8 Å². The molecule has 0 heterocycles. The van der Waals surface area contributed by atoms with Crippen LogP contribution >= 0.6 is 0 Å². The Morgan fingerprint density at radius 3 is 2.73 bits per heavy atom. The summed E-state index contributed by atoms with van der Waals surface area (Å²) in [4.78, 5) is 10.5. The van der Waals surface area contributed by atoms with E-state index in [1.165, 1.54) is 0 Å². The molecule has 0 aliphatic rings. The number of rotatable bonds is 7. The van der Waals surface area contributed by atoms with E-state index in [1.54, 1.807) is 14.0 Å². The Morgan fingerprint density at radius 2 is 2.18 bits per heavy atom. The molecular formula is C8H17NO2. The SMILES string of the molecule is COCCCNCCC(C)=O. The molecule has 0 radical (unpaired) electrons. The molecule has 0 spiro atoms. The van der Waals surface area contributed by atoms with Gasteiger partial charge in [0.15, 0.2) is 0 Å². The molecule has 0 fully saturated rings. The fourth-order valence-electron chi connectivity index (χ4n) is 0.731. The van der Waals surface area contributed by atoms with E-state index in [9.17, 15) is 4.79 Å². The number of ether oxygens (including phenoxy) is 1. The van der Waals surface area contributed by atoms with Crippen LogP contribution in [0.15, 0.2) is 0 Å². The summed E-state index contributed by atoms with van der Waals surface area (Å²) in [5.74, 6) is 0.240. The van der Waals surface area contributed by atoms with Crippen LogP contribution in [-0.2, 0) is 9.53 Å². The highest BCUT2D eigenvalue weighted by Crippen LogP contribution is 1.80. The molecule has 1 N–H and O–H groups in total. The molecule has 66 valence electrons. The van der Waals surface area contributed by atoms with E-state index in [1.807, 2.05) is 0 Å². The van der Waals surface area contributed by atoms with Crippen LogP contribution in [-0.4, -0.2) is 32.6 Å². The van der Waals surface area contributed by atoms with Gasteiger partial charge in [-0.25, -0.2) is 0 Å². The summed E-state index contributed by atoms with van der Waals surface area (Å²) in [6.45, 7) is 4.12. The van der Waals surface area contributed by atoms with Crippen molar-refractivity contribution in [2.24, 2.45) is 0 Å². The minimum absolute atomic E-state index is 0.240. The lowest BCUT2D eigenvalue weighted by molar-refractivity contribution is -0.116. The van der Waals surface area contributed by atoms with Gasteiger partial charge in [0.25, 0.3) is 0 Å². The second-order valence-corrected chi connectivity index (χ2v) is 2.55. The van der Waals surface area contributed by atoms with Crippen LogP contribution in [0, 0.1) is 0 Å². The van der Waals surface area contributed by atoms with Gasteiger partial charge >= 0.3 is 0 Å². The molecule has 3 heteroatoms. The van der Waals surface area contributed by atoms with E-state index < -0.39 is 0 Å².